The first-order valence-electron chi connectivity index (χ1n) is 4.22. The van der Waals surface area contributed by atoms with Gasteiger partial charge in [-0.25, -0.2) is 5.90 Å². The average molecular weight is 200 g/mol. The molecule has 0 atom stereocenters. The number of halogens is 1. The van der Waals surface area contributed by atoms with Crippen molar-refractivity contribution in [2.24, 2.45) is 5.90 Å². The van der Waals surface area contributed by atoms with Crippen molar-refractivity contribution in [3.63, 3.8) is 0 Å². The smallest absolute Gasteiger partial charge is 0.0719 e. The van der Waals surface area contributed by atoms with Gasteiger partial charge in [-0.1, -0.05) is 17.7 Å². The number of hydrogen-bond acceptors (Lipinski definition) is 2. The van der Waals surface area contributed by atoms with Crippen LogP contribution in [0, 0.1) is 13.8 Å². The summed E-state index contributed by atoms with van der Waals surface area (Å²) in [6.07, 6.45) is 0.803. The maximum Gasteiger partial charge on any atom is 0.0719 e. The normalized spacial score (nSPS) is 10.5. The molecule has 1 aromatic carbocycles. The van der Waals surface area contributed by atoms with E-state index in [-0.39, 0.29) is 0 Å². The third-order valence-corrected chi connectivity index (χ3v) is 2.56. The second kappa shape index (κ2) is 4.61. The van der Waals surface area contributed by atoms with Gasteiger partial charge in [0, 0.05) is 5.02 Å². The number of nitrogens with two attached hydrogens (primary N) is 1. The third kappa shape index (κ3) is 2.69. The van der Waals surface area contributed by atoms with E-state index in [9.17, 15) is 0 Å². The Balaban J connectivity index is 2.86. The van der Waals surface area contributed by atoms with E-state index in [0.29, 0.717) is 6.61 Å². The Kier molecular flexibility index (Phi) is 3.72. The Morgan fingerprint density at radius 2 is 2.08 bits per heavy atom. The van der Waals surface area contributed by atoms with Gasteiger partial charge in [-0.2, -0.15) is 0 Å². The van der Waals surface area contributed by atoms with Crippen LogP contribution in [0.15, 0.2) is 12.1 Å². The van der Waals surface area contributed by atoms with Gasteiger partial charge in [0.25, 0.3) is 0 Å². The Morgan fingerprint density at radius 3 is 2.62 bits per heavy atom. The molecule has 72 valence electrons. The molecule has 0 aliphatic carbocycles. The van der Waals surface area contributed by atoms with Crippen LogP contribution in [0.25, 0.3) is 0 Å². The number of rotatable bonds is 3. The topological polar surface area (TPSA) is 35.2 Å². The van der Waals surface area contributed by atoms with Crippen molar-refractivity contribution < 1.29 is 4.84 Å². The highest BCUT2D eigenvalue weighted by Gasteiger charge is 2.01. The third-order valence-electron chi connectivity index (χ3n) is 2.17. The molecule has 2 nitrogen and oxygen atoms in total. The molecule has 0 fully saturated rings. The highest BCUT2D eigenvalue weighted by atomic mass is 35.5. The van der Waals surface area contributed by atoms with Crippen LogP contribution in [0.2, 0.25) is 5.02 Å². The van der Waals surface area contributed by atoms with Crippen molar-refractivity contribution in [1.29, 1.82) is 0 Å². The highest BCUT2D eigenvalue weighted by Crippen LogP contribution is 2.21. The summed E-state index contributed by atoms with van der Waals surface area (Å²) in [5.41, 5.74) is 3.51. The molecule has 0 saturated carbocycles. The fraction of sp³-hybridized carbons (Fsp3) is 0.400. The van der Waals surface area contributed by atoms with Gasteiger partial charge < -0.3 is 4.84 Å². The Labute approximate surface area is 83.6 Å². The van der Waals surface area contributed by atoms with Gasteiger partial charge in [-0.15, -0.1) is 0 Å². The molecule has 0 saturated heterocycles. The lowest BCUT2D eigenvalue weighted by atomic mass is 10.0. The lowest BCUT2D eigenvalue weighted by molar-refractivity contribution is 0.141. The van der Waals surface area contributed by atoms with E-state index < -0.39 is 0 Å². The van der Waals surface area contributed by atoms with E-state index in [2.05, 4.69) is 10.9 Å². The Hall–Kier alpha value is -0.570. The largest absolute Gasteiger partial charge is 0.304 e. The van der Waals surface area contributed by atoms with Crippen LogP contribution in [-0.4, -0.2) is 6.61 Å². The van der Waals surface area contributed by atoms with Crippen LogP contribution in [0.3, 0.4) is 0 Å². The zero-order valence-electron chi connectivity index (χ0n) is 7.93. The first-order valence-corrected chi connectivity index (χ1v) is 4.60. The summed E-state index contributed by atoms with van der Waals surface area (Å²) in [7, 11) is 0. The minimum atomic E-state index is 0.527. The van der Waals surface area contributed by atoms with Crippen molar-refractivity contribution in [3.8, 4) is 0 Å². The van der Waals surface area contributed by atoms with Crippen LogP contribution in [0.5, 0.6) is 0 Å². The van der Waals surface area contributed by atoms with Gasteiger partial charge >= 0.3 is 0 Å². The molecule has 1 rings (SSSR count). The monoisotopic (exact) mass is 199 g/mol. The molecule has 0 aromatic heterocycles. The van der Waals surface area contributed by atoms with Crippen molar-refractivity contribution in [2.75, 3.05) is 6.61 Å². The van der Waals surface area contributed by atoms with Gasteiger partial charge in [0.15, 0.2) is 0 Å². The molecule has 0 spiro atoms. The van der Waals surface area contributed by atoms with E-state index in [1.807, 2.05) is 19.9 Å². The fourth-order valence-electron chi connectivity index (χ4n) is 1.21. The molecule has 0 bridgehead atoms. The first-order chi connectivity index (χ1) is 6.15. The van der Waals surface area contributed by atoms with E-state index >= 15 is 0 Å². The van der Waals surface area contributed by atoms with Gasteiger partial charge in [-0.05, 0) is 43.0 Å². The Morgan fingerprint density at radius 1 is 1.38 bits per heavy atom. The maximum atomic E-state index is 6.03. The second-order valence-electron chi connectivity index (χ2n) is 3.14. The Bertz CT molecular complexity index is 276. The molecule has 0 aliphatic heterocycles. The lowest BCUT2D eigenvalue weighted by Gasteiger charge is -2.06. The van der Waals surface area contributed by atoms with Crippen molar-refractivity contribution in [1.82, 2.24) is 0 Å². The van der Waals surface area contributed by atoms with Crippen LogP contribution >= 0.6 is 11.6 Å². The summed E-state index contributed by atoms with van der Waals surface area (Å²) in [5.74, 6) is 4.95. The minimum absolute atomic E-state index is 0.527. The van der Waals surface area contributed by atoms with E-state index in [0.717, 1.165) is 17.0 Å². The molecule has 2 N–H and O–H groups in total. The molecular formula is C10H14ClNO. The zero-order chi connectivity index (χ0) is 9.84. The number of aryl methyl sites for hydroxylation is 1. The quantitative estimate of drug-likeness (QED) is 0.759. The first kappa shape index (κ1) is 10.5. The molecule has 0 aliphatic rings. The summed E-state index contributed by atoms with van der Waals surface area (Å²) in [6.45, 7) is 4.59. The molecule has 0 radical (unpaired) electrons. The number of benzene rings is 1. The predicted molar refractivity (Wildman–Crippen MR) is 54.8 cm³/mol. The average Bonchev–Trinajstić information content (AvgIpc) is 2.10. The highest BCUT2D eigenvalue weighted by molar-refractivity contribution is 6.31. The van der Waals surface area contributed by atoms with Crippen LogP contribution in [-0.2, 0) is 11.3 Å². The molecule has 13 heavy (non-hydrogen) atoms. The van der Waals surface area contributed by atoms with Gasteiger partial charge in [0.1, 0.15) is 0 Å². The van der Waals surface area contributed by atoms with Crippen LogP contribution in [0.4, 0.5) is 0 Å². The van der Waals surface area contributed by atoms with Crippen molar-refractivity contribution in [3.05, 3.63) is 33.8 Å². The van der Waals surface area contributed by atoms with Crippen LogP contribution in [0.1, 0.15) is 16.7 Å². The van der Waals surface area contributed by atoms with Crippen LogP contribution < -0.4 is 5.90 Å². The molecular weight excluding hydrogens is 186 g/mol. The van der Waals surface area contributed by atoms with Crippen molar-refractivity contribution in [2.45, 2.75) is 20.3 Å². The molecule has 0 amide bonds. The van der Waals surface area contributed by atoms with Crippen molar-refractivity contribution >= 4 is 11.6 Å². The molecule has 0 unspecified atom stereocenters. The van der Waals surface area contributed by atoms with Gasteiger partial charge in [0.2, 0.25) is 0 Å². The summed E-state index contributed by atoms with van der Waals surface area (Å²) >= 11 is 6.03. The lowest BCUT2D eigenvalue weighted by Crippen LogP contribution is -2.04. The zero-order valence-corrected chi connectivity index (χ0v) is 8.69. The molecule has 3 heteroatoms. The van der Waals surface area contributed by atoms with E-state index in [1.165, 1.54) is 11.1 Å². The summed E-state index contributed by atoms with van der Waals surface area (Å²) in [6, 6.07) is 4.07. The second-order valence-corrected chi connectivity index (χ2v) is 3.55. The maximum absolute atomic E-state index is 6.03. The van der Waals surface area contributed by atoms with E-state index in [1.54, 1.807) is 0 Å². The number of hydrogen-bond donors (Lipinski definition) is 1. The molecule has 0 heterocycles. The van der Waals surface area contributed by atoms with Gasteiger partial charge in [-0.3, -0.25) is 0 Å². The van der Waals surface area contributed by atoms with Gasteiger partial charge in [0.05, 0.1) is 6.61 Å². The minimum Gasteiger partial charge on any atom is -0.304 e. The standard InChI is InChI=1S/C10H14ClNO/c1-7-5-9(3-4-13-12)6-10(11)8(7)2/h5-6H,3-4,12H2,1-2H3. The summed E-state index contributed by atoms with van der Waals surface area (Å²) < 4.78 is 0. The summed E-state index contributed by atoms with van der Waals surface area (Å²) in [4.78, 5) is 4.51. The molecule has 1 aromatic rings. The SMILES string of the molecule is Cc1cc(CCON)cc(Cl)c1C. The predicted octanol–water partition coefficient (Wildman–Crippen LogP) is 2.39. The summed E-state index contributed by atoms with van der Waals surface area (Å²) in [5, 5.41) is 0.812. The fourth-order valence-corrected chi connectivity index (χ4v) is 1.50. The van der Waals surface area contributed by atoms with E-state index in [4.69, 9.17) is 17.5 Å².